The summed E-state index contributed by atoms with van der Waals surface area (Å²) in [6.07, 6.45) is 2.92. The highest BCUT2D eigenvalue weighted by atomic mass is 32.3. The van der Waals surface area contributed by atoms with E-state index in [9.17, 15) is 16.5 Å². The van der Waals surface area contributed by atoms with Crippen molar-refractivity contribution in [2.24, 2.45) is 0 Å². The molecule has 6 nitrogen and oxygen atoms in total. The maximum Gasteiger partial charge on any atom is 0.338 e. The van der Waals surface area contributed by atoms with Crippen molar-refractivity contribution >= 4 is 64.8 Å². The average Bonchev–Trinajstić information content (AvgIpc) is 2.96. The molecule has 3 aromatic rings. The summed E-state index contributed by atoms with van der Waals surface area (Å²) >= 11 is -1.70. The Labute approximate surface area is 240 Å². The largest absolute Gasteiger partial charge is 0.451 e. The number of aryl methyl sites for hydroxylation is 2. The maximum atomic E-state index is 12.9. The molecule has 0 radical (unpaired) electrons. The van der Waals surface area contributed by atoms with Gasteiger partial charge in [-0.05, 0) is 87.8 Å². The summed E-state index contributed by atoms with van der Waals surface area (Å²) in [5.74, 6) is 0.965. The number of ether oxygens (including phenoxy) is 1. The molecule has 1 aromatic heterocycles. The first-order valence-corrected chi connectivity index (χ1v) is 14.7. The molecule has 1 aliphatic rings. The number of benzene rings is 2. The van der Waals surface area contributed by atoms with Gasteiger partial charge in [-0.15, -0.1) is 0 Å². The molecule has 12 heteroatoms. The van der Waals surface area contributed by atoms with Gasteiger partial charge in [0.05, 0.1) is 5.52 Å². The zero-order chi connectivity index (χ0) is 28.0. The van der Waals surface area contributed by atoms with Crippen LogP contribution in [0.5, 0.6) is 5.75 Å². The SMILES string of the molecule is Cc1cc(N2CCC(N(C)C)CC2)nc2ccc(NC(=O)CCc3ccc(OC(SF)(SF)SF)cc3)cc12. The van der Waals surface area contributed by atoms with Crippen LogP contribution < -0.4 is 15.0 Å². The van der Waals surface area contributed by atoms with E-state index >= 15 is 0 Å². The number of aromatic nitrogens is 1. The van der Waals surface area contributed by atoms with E-state index in [0.29, 0.717) is 18.2 Å². The van der Waals surface area contributed by atoms with Crippen LogP contribution in [0.15, 0.2) is 48.5 Å². The van der Waals surface area contributed by atoms with Crippen molar-refractivity contribution in [2.75, 3.05) is 37.4 Å². The molecule has 39 heavy (non-hydrogen) atoms. The molecule has 4 rings (SSSR count). The third kappa shape index (κ3) is 7.47. The first-order chi connectivity index (χ1) is 18.8. The average molecular weight is 597 g/mol. The maximum absolute atomic E-state index is 12.9. The van der Waals surface area contributed by atoms with E-state index in [1.165, 1.54) is 12.1 Å². The number of nitrogens with zero attached hydrogens (tertiary/aromatic N) is 3. The molecule has 1 fully saturated rings. The van der Waals surface area contributed by atoms with Crippen molar-refractivity contribution in [3.8, 4) is 5.75 Å². The van der Waals surface area contributed by atoms with E-state index in [1.54, 1.807) is 12.1 Å². The molecule has 1 saturated heterocycles. The Bertz CT molecular complexity index is 1260. The number of hydrogen-bond donors (Lipinski definition) is 1. The van der Waals surface area contributed by atoms with Gasteiger partial charge >= 0.3 is 3.60 Å². The molecular formula is C27H31F3N4O2S3. The van der Waals surface area contributed by atoms with Gasteiger partial charge in [-0.25, -0.2) is 4.98 Å². The lowest BCUT2D eigenvalue weighted by atomic mass is 10.0. The summed E-state index contributed by atoms with van der Waals surface area (Å²) in [6, 6.07) is 14.8. The Balaban J connectivity index is 1.34. The molecular weight excluding hydrogens is 566 g/mol. The molecule has 0 unspecified atom stereocenters. The number of pyridine rings is 1. The van der Waals surface area contributed by atoms with Crippen molar-refractivity contribution < 1.29 is 21.2 Å². The normalized spacial score (nSPS) is 14.7. The third-order valence-corrected chi connectivity index (χ3v) is 8.85. The Kier molecular flexibility index (Phi) is 10.2. The molecule has 0 aliphatic carbocycles. The minimum Gasteiger partial charge on any atom is -0.451 e. The molecule has 0 saturated carbocycles. The van der Waals surface area contributed by atoms with Gasteiger partial charge in [-0.1, -0.05) is 12.1 Å². The van der Waals surface area contributed by atoms with E-state index < -0.39 is 40.0 Å². The van der Waals surface area contributed by atoms with E-state index in [-0.39, 0.29) is 18.1 Å². The lowest BCUT2D eigenvalue weighted by Gasteiger charge is -2.36. The van der Waals surface area contributed by atoms with Gasteiger partial charge in [-0.2, -0.15) is 11.7 Å². The standard InChI is InChI=1S/C27H31F3N4O2S3/c1-18-16-25(34-14-12-21(13-15-34)33(2)3)32-24-10-7-20(17-23(18)24)31-26(35)11-6-19-4-8-22(9-5-19)36-27(37-28,38-29)39-30/h4-5,7-10,16-17,21H,6,11-15H2,1-3H3,(H,31,35). The molecule has 2 heterocycles. The number of amides is 1. The van der Waals surface area contributed by atoms with E-state index in [0.717, 1.165) is 53.8 Å². The summed E-state index contributed by atoms with van der Waals surface area (Å²) in [6.45, 7) is 4.03. The van der Waals surface area contributed by atoms with E-state index in [4.69, 9.17) is 9.72 Å². The highest BCUT2D eigenvalue weighted by molar-refractivity contribution is 8.29. The second-order valence-electron chi connectivity index (χ2n) is 9.74. The Morgan fingerprint density at radius 2 is 1.74 bits per heavy atom. The molecule has 1 amide bonds. The Morgan fingerprint density at radius 3 is 2.36 bits per heavy atom. The van der Waals surface area contributed by atoms with Crippen molar-refractivity contribution in [1.29, 1.82) is 0 Å². The summed E-state index contributed by atoms with van der Waals surface area (Å²) in [4.78, 5) is 22.1. The Morgan fingerprint density at radius 1 is 1.08 bits per heavy atom. The first kappa shape index (κ1) is 29.7. The highest BCUT2D eigenvalue weighted by Crippen LogP contribution is 2.49. The van der Waals surface area contributed by atoms with Crippen molar-refractivity contribution in [3.05, 3.63) is 59.7 Å². The van der Waals surface area contributed by atoms with Crippen LogP contribution in [-0.4, -0.2) is 52.6 Å². The summed E-state index contributed by atoms with van der Waals surface area (Å²) < 4.78 is 41.5. The fourth-order valence-electron chi connectivity index (χ4n) is 4.66. The fraction of sp³-hybridized carbons (Fsp3) is 0.407. The van der Waals surface area contributed by atoms with Crippen LogP contribution in [0.3, 0.4) is 0 Å². The van der Waals surface area contributed by atoms with Gasteiger partial charge in [0.2, 0.25) is 5.91 Å². The minimum absolute atomic E-state index is 0.116. The number of carbonyl (C=O) groups is 1. The van der Waals surface area contributed by atoms with E-state index in [2.05, 4.69) is 42.2 Å². The highest BCUT2D eigenvalue weighted by Gasteiger charge is 2.40. The van der Waals surface area contributed by atoms with Gasteiger partial charge in [0.15, 0.2) is 0 Å². The molecule has 1 aliphatic heterocycles. The molecule has 0 bridgehead atoms. The molecule has 0 atom stereocenters. The van der Waals surface area contributed by atoms with Gasteiger partial charge in [0, 0.05) is 36.6 Å². The van der Waals surface area contributed by atoms with Crippen LogP contribution in [-0.2, 0) is 11.2 Å². The van der Waals surface area contributed by atoms with Crippen molar-refractivity contribution in [3.63, 3.8) is 0 Å². The second kappa shape index (κ2) is 13.4. The van der Waals surface area contributed by atoms with E-state index in [1.807, 2.05) is 18.2 Å². The fourth-order valence-corrected chi connectivity index (χ4v) is 5.33. The van der Waals surface area contributed by atoms with Crippen LogP contribution in [0.2, 0.25) is 0 Å². The third-order valence-electron chi connectivity index (χ3n) is 6.89. The predicted molar refractivity (Wildman–Crippen MR) is 158 cm³/mol. The molecule has 0 spiro atoms. The Hall–Kier alpha value is -2.28. The quantitative estimate of drug-likeness (QED) is 0.229. The van der Waals surface area contributed by atoms with Crippen LogP contribution in [0.4, 0.5) is 23.2 Å². The summed E-state index contributed by atoms with van der Waals surface area (Å²) in [5, 5.41) is 3.95. The lowest BCUT2D eigenvalue weighted by molar-refractivity contribution is -0.116. The first-order valence-electron chi connectivity index (χ1n) is 12.6. The van der Waals surface area contributed by atoms with Gasteiger partial charge in [0.25, 0.3) is 0 Å². The van der Waals surface area contributed by atoms with Crippen molar-refractivity contribution in [2.45, 2.75) is 42.2 Å². The lowest BCUT2D eigenvalue weighted by Crippen LogP contribution is -2.42. The predicted octanol–water partition coefficient (Wildman–Crippen LogP) is 7.49. The number of rotatable bonds is 11. The summed E-state index contributed by atoms with van der Waals surface area (Å²) in [7, 11) is 4.26. The number of fused-ring (bicyclic) bond motifs is 1. The van der Waals surface area contributed by atoms with Crippen LogP contribution in [0.1, 0.15) is 30.4 Å². The second-order valence-corrected chi connectivity index (χ2v) is 12.7. The zero-order valence-electron chi connectivity index (χ0n) is 22.0. The number of piperidine rings is 1. The van der Waals surface area contributed by atoms with Crippen LogP contribution in [0.25, 0.3) is 10.9 Å². The topological polar surface area (TPSA) is 57.7 Å². The molecule has 210 valence electrons. The molecule has 1 N–H and O–H groups in total. The molecule has 2 aromatic carbocycles. The zero-order valence-corrected chi connectivity index (χ0v) is 24.4. The smallest absolute Gasteiger partial charge is 0.338 e. The minimum atomic E-state index is -2.35. The number of halogens is 3. The monoisotopic (exact) mass is 596 g/mol. The van der Waals surface area contributed by atoms with Crippen LogP contribution in [0, 0.1) is 6.92 Å². The van der Waals surface area contributed by atoms with Crippen molar-refractivity contribution in [1.82, 2.24) is 9.88 Å². The number of carbonyl (C=O) groups excluding carboxylic acids is 1. The number of nitrogens with one attached hydrogen (secondary N) is 1. The van der Waals surface area contributed by atoms with Gasteiger partial charge in [0.1, 0.15) is 48.0 Å². The van der Waals surface area contributed by atoms with Gasteiger partial charge < -0.3 is 19.9 Å². The van der Waals surface area contributed by atoms with Crippen LogP contribution >= 0.6 is 36.4 Å². The summed E-state index contributed by atoms with van der Waals surface area (Å²) in [5.41, 5.74) is 3.54. The number of hydrogen-bond acceptors (Lipinski definition) is 8. The van der Waals surface area contributed by atoms with Gasteiger partial charge in [-0.3, -0.25) is 4.79 Å². The number of anilines is 2.